The first-order chi connectivity index (χ1) is 15.1. The number of halogens is 1. The van der Waals surface area contributed by atoms with Crippen LogP contribution in [0.4, 0.5) is 0 Å². The summed E-state index contributed by atoms with van der Waals surface area (Å²) < 4.78 is 5.56. The van der Waals surface area contributed by atoms with Gasteiger partial charge in [0.2, 0.25) is 0 Å². The van der Waals surface area contributed by atoms with Gasteiger partial charge in [-0.25, -0.2) is 0 Å². The highest BCUT2D eigenvalue weighted by molar-refractivity contribution is 14.0. The average molecular weight is 552 g/mol. The zero-order valence-corrected chi connectivity index (χ0v) is 22.1. The Hall–Kier alpha value is -1.84. The van der Waals surface area contributed by atoms with Gasteiger partial charge in [0.25, 0.3) is 0 Å². The van der Waals surface area contributed by atoms with Crippen LogP contribution in [0.5, 0.6) is 5.75 Å². The molecule has 1 aliphatic rings. The maximum absolute atomic E-state index is 5.56. The van der Waals surface area contributed by atoms with Gasteiger partial charge in [-0.15, -0.1) is 24.0 Å². The number of ether oxygens (including phenoxy) is 1. The van der Waals surface area contributed by atoms with Crippen molar-refractivity contribution in [1.29, 1.82) is 0 Å². The van der Waals surface area contributed by atoms with E-state index in [-0.39, 0.29) is 30.0 Å². The first-order valence-corrected chi connectivity index (χ1v) is 11.1. The van der Waals surface area contributed by atoms with E-state index >= 15 is 0 Å². The maximum atomic E-state index is 5.56. The van der Waals surface area contributed by atoms with Gasteiger partial charge in [-0.1, -0.05) is 42.5 Å². The lowest BCUT2D eigenvalue weighted by Gasteiger charge is -2.27. The number of rotatable bonds is 9. The van der Waals surface area contributed by atoms with Crippen LogP contribution < -0.4 is 15.4 Å². The van der Waals surface area contributed by atoms with E-state index in [0.717, 1.165) is 36.9 Å². The van der Waals surface area contributed by atoms with Crippen LogP contribution in [0, 0.1) is 0 Å². The second kappa shape index (κ2) is 13.6. The Morgan fingerprint density at radius 2 is 1.69 bits per heavy atom. The number of methoxy groups -OCH3 is 1. The lowest BCUT2D eigenvalue weighted by Crippen LogP contribution is -2.41. The van der Waals surface area contributed by atoms with E-state index in [0.29, 0.717) is 0 Å². The van der Waals surface area contributed by atoms with Gasteiger partial charge in [0.05, 0.1) is 13.2 Å². The molecule has 1 heterocycles. The fourth-order valence-corrected chi connectivity index (χ4v) is 4.07. The third kappa shape index (κ3) is 7.64. The van der Waals surface area contributed by atoms with Gasteiger partial charge in [0, 0.05) is 32.2 Å². The summed E-state index contributed by atoms with van der Waals surface area (Å²) in [5.41, 5.74) is 3.80. The Balaban J connectivity index is 0.00000363. The third-order valence-electron chi connectivity index (χ3n) is 5.90. The van der Waals surface area contributed by atoms with Crippen molar-refractivity contribution in [1.82, 2.24) is 20.4 Å². The fraction of sp³-hybridized carbons (Fsp3) is 0.480. The molecule has 0 saturated carbocycles. The van der Waals surface area contributed by atoms with E-state index in [1.165, 1.54) is 37.1 Å². The largest absolute Gasteiger partial charge is 0.496 e. The number of nitrogens with zero attached hydrogens (tertiary/aromatic N) is 3. The molecule has 32 heavy (non-hydrogen) atoms. The molecule has 1 fully saturated rings. The van der Waals surface area contributed by atoms with Crippen LogP contribution in [0.15, 0.2) is 53.5 Å². The highest BCUT2D eigenvalue weighted by Crippen LogP contribution is 2.27. The molecule has 0 bridgehead atoms. The Morgan fingerprint density at radius 3 is 2.31 bits per heavy atom. The predicted molar refractivity (Wildman–Crippen MR) is 144 cm³/mol. The quantitative estimate of drug-likeness (QED) is 0.282. The van der Waals surface area contributed by atoms with Crippen molar-refractivity contribution in [2.75, 3.05) is 47.9 Å². The van der Waals surface area contributed by atoms with E-state index in [9.17, 15) is 0 Å². The van der Waals surface area contributed by atoms with E-state index < -0.39 is 0 Å². The van der Waals surface area contributed by atoms with Crippen molar-refractivity contribution >= 4 is 29.9 Å². The summed E-state index contributed by atoms with van der Waals surface area (Å²) in [6.45, 7) is 4.99. The van der Waals surface area contributed by atoms with Crippen LogP contribution in [0.2, 0.25) is 0 Å². The number of hydrogen-bond acceptors (Lipinski definition) is 4. The van der Waals surface area contributed by atoms with Gasteiger partial charge in [0.15, 0.2) is 5.96 Å². The highest BCUT2D eigenvalue weighted by atomic mass is 127. The van der Waals surface area contributed by atoms with E-state index in [4.69, 9.17) is 4.74 Å². The standard InChI is InChI=1S/C25H37N5O.HI/c1-26-25(28-18-23(29(2)3)22-9-5-6-10-24(22)31-4)27-17-20-11-13-21(14-12-20)19-30-15-7-8-16-30;/h5-6,9-14,23H,7-8,15-19H2,1-4H3,(H2,26,27,28);1H. The smallest absolute Gasteiger partial charge is 0.191 e. The van der Waals surface area contributed by atoms with Crippen LogP contribution in [0.1, 0.15) is 35.6 Å². The molecule has 2 N–H and O–H groups in total. The fourth-order valence-electron chi connectivity index (χ4n) is 4.07. The lowest BCUT2D eigenvalue weighted by atomic mass is 10.0. The van der Waals surface area contributed by atoms with Crippen LogP contribution in [0.25, 0.3) is 0 Å². The predicted octanol–water partition coefficient (Wildman–Crippen LogP) is 3.88. The van der Waals surface area contributed by atoms with Crippen molar-refractivity contribution in [3.05, 3.63) is 65.2 Å². The molecule has 1 unspecified atom stereocenters. The van der Waals surface area contributed by atoms with Crippen molar-refractivity contribution in [3.8, 4) is 5.75 Å². The number of aliphatic imine (C=N–C) groups is 1. The third-order valence-corrected chi connectivity index (χ3v) is 5.90. The van der Waals surface area contributed by atoms with Crippen LogP contribution in [-0.4, -0.2) is 63.6 Å². The van der Waals surface area contributed by atoms with Gasteiger partial charge in [-0.3, -0.25) is 9.89 Å². The number of likely N-dealkylation sites (tertiary alicyclic amines) is 1. The summed E-state index contributed by atoms with van der Waals surface area (Å²) in [5, 5.41) is 6.90. The molecule has 3 rings (SSSR count). The SMILES string of the molecule is CN=C(NCc1ccc(CN2CCCC2)cc1)NCC(c1ccccc1OC)N(C)C.I. The molecular weight excluding hydrogens is 513 g/mol. The van der Waals surface area contributed by atoms with Crippen molar-refractivity contribution in [2.24, 2.45) is 4.99 Å². The molecular formula is C25H38IN5O. The van der Waals surface area contributed by atoms with E-state index in [2.05, 4.69) is 75.9 Å². The zero-order valence-electron chi connectivity index (χ0n) is 19.8. The molecule has 1 atom stereocenters. The molecule has 176 valence electrons. The molecule has 2 aromatic carbocycles. The Morgan fingerprint density at radius 1 is 1.03 bits per heavy atom. The molecule has 0 amide bonds. The topological polar surface area (TPSA) is 52.1 Å². The molecule has 0 aliphatic carbocycles. The minimum atomic E-state index is 0. The Bertz CT molecular complexity index is 834. The second-order valence-electron chi connectivity index (χ2n) is 8.33. The van der Waals surface area contributed by atoms with E-state index in [1.54, 1.807) is 7.11 Å². The summed E-state index contributed by atoms with van der Waals surface area (Å²) in [7, 11) is 7.69. The summed E-state index contributed by atoms with van der Waals surface area (Å²) in [4.78, 5) is 9.12. The lowest BCUT2D eigenvalue weighted by molar-refractivity contribution is 0.287. The normalized spacial score (nSPS) is 15.3. The van der Waals surface area contributed by atoms with Crippen molar-refractivity contribution in [2.45, 2.75) is 32.0 Å². The maximum Gasteiger partial charge on any atom is 0.191 e. The average Bonchev–Trinajstić information content (AvgIpc) is 3.30. The second-order valence-corrected chi connectivity index (χ2v) is 8.33. The summed E-state index contributed by atoms with van der Waals surface area (Å²) >= 11 is 0. The Labute approximate surface area is 210 Å². The number of guanidine groups is 1. The van der Waals surface area contributed by atoms with Gasteiger partial charge >= 0.3 is 0 Å². The van der Waals surface area contributed by atoms with Crippen molar-refractivity contribution in [3.63, 3.8) is 0 Å². The van der Waals surface area contributed by atoms with Crippen LogP contribution >= 0.6 is 24.0 Å². The number of benzene rings is 2. The first kappa shape index (κ1) is 26.4. The first-order valence-electron chi connectivity index (χ1n) is 11.1. The van der Waals surface area contributed by atoms with Gasteiger partial charge < -0.3 is 20.3 Å². The molecule has 1 aliphatic heterocycles. The summed E-state index contributed by atoms with van der Waals surface area (Å²) in [6.07, 6.45) is 2.67. The zero-order chi connectivity index (χ0) is 22.1. The summed E-state index contributed by atoms with van der Waals surface area (Å²) in [5.74, 6) is 1.70. The number of hydrogen-bond donors (Lipinski definition) is 2. The molecule has 7 heteroatoms. The molecule has 0 spiro atoms. The van der Waals surface area contributed by atoms with E-state index in [1.807, 2.05) is 19.2 Å². The number of likely N-dealkylation sites (N-methyl/N-ethyl adjacent to an activating group) is 1. The monoisotopic (exact) mass is 551 g/mol. The minimum absolute atomic E-state index is 0. The molecule has 2 aromatic rings. The van der Waals surface area contributed by atoms with Crippen molar-refractivity contribution < 1.29 is 4.74 Å². The number of nitrogens with one attached hydrogen (secondary N) is 2. The molecule has 0 radical (unpaired) electrons. The molecule has 1 saturated heterocycles. The van der Waals surface area contributed by atoms with Gasteiger partial charge in [-0.2, -0.15) is 0 Å². The summed E-state index contributed by atoms with van der Waals surface area (Å²) in [6, 6.07) is 17.3. The van der Waals surface area contributed by atoms with Crippen LogP contribution in [-0.2, 0) is 13.1 Å². The molecule has 0 aromatic heterocycles. The number of para-hydroxylation sites is 1. The van der Waals surface area contributed by atoms with Gasteiger partial charge in [-0.05, 0) is 57.2 Å². The van der Waals surface area contributed by atoms with Gasteiger partial charge in [0.1, 0.15) is 5.75 Å². The Kier molecular flexibility index (Phi) is 11.3. The highest BCUT2D eigenvalue weighted by Gasteiger charge is 2.18. The molecule has 6 nitrogen and oxygen atoms in total. The minimum Gasteiger partial charge on any atom is -0.496 e. The van der Waals surface area contributed by atoms with Crippen LogP contribution in [0.3, 0.4) is 0 Å².